The quantitative estimate of drug-likeness (QED) is 0.491. The van der Waals surface area contributed by atoms with E-state index in [1.54, 1.807) is 6.20 Å². The fourth-order valence-corrected chi connectivity index (χ4v) is 4.92. The number of carbonyl (C=O) groups excluding carboxylic acids is 1. The van der Waals surface area contributed by atoms with Gasteiger partial charge >= 0.3 is 0 Å². The first-order valence-corrected chi connectivity index (χ1v) is 12.5. The average Bonchev–Trinajstić information content (AvgIpc) is 3.70. The van der Waals surface area contributed by atoms with E-state index in [4.69, 9.17) is 0 Å². The molecule has 32 heavy (non-hydrogen) atoms. The molecule has 1 aromatic heterocycles. The van der Waals surface area contributed by atoms with Gasteiger partial charge in [-0.05, 0) is 84.5 Å². The maximum absolute atomic E-state index is 12.2. The lowest BCUT2D eigenvalue weighted by atomic mass is 9.91. The Balaban J connectivity index is 1.18. The Bertz CT molecular complexity index is 1040. The molecule has 0 radical (unpaired) electrons. The predicted octanol–water partition coefficient (Wildman–Crippen LogP) is 4.90. The number of piperidine rings is 1. The van der Waals surface area contributed by atoms with Crippen LogP contribution >= 0.6 is 22.6 Å². The first-order valence-electron chi connectivity index (χ1n) is 11.4. The number of nitrogens with one attached hydrogen (secondary N) is 2. The number of halogens is 1. The van der Waals surface area contributed by atoms with Crippen molar-refractivity contribution in [2.45, 2.75) is 56.0 Å². The second-order valence-electron chi connectivity index (χ2n) is 9.27. The van der Waals surface area contributed by atoms with E-state index in [2.05, 4.69) is 80.5 Å². The molecule has 1 unspecified atom stereocenters. The Labute approximate surface area is 203 Å². The summed E-state index contributed by atoms with van der Waals surface area (Å²) in [4.78, 5) is 18.9. The fraction of sp³-hybridized carbons (Fsp3) is 0.385. The summed E-state index contributed by atoms with van der Waals surface area (Å²) in [7, 11) is 0. The zero-order valence-corrected chi connectivity index (χ0v) is 20.4. The topological polar surface area (TPSA) is 57.3 Å². The third kappa shape index (κ3) is 4.42. The molecule has 2 saturated carbocycles. The molecule has 2 aromatic rings. The molecule has 2 aliphatic carbocycles. The Hall–Kier alpha value is -2.35. The second kappa shape index (κ2) is 8.54. The molecule has 3 aliphatic rings. The highest BCUT2D eigenvalue weighted by Gasteiger charge is 2.47. The van der Waals surface area contributed by atoms with Gasteiger partial charge in [0.1, 0.15) is 5.82 Å². The Kier molecular flexibility index (Phi) is 5.73. The van der Waals surface area contributed by atoms with Crippen LogP contribution in [0.1, 0.15) is 54.4 Å². The van der Waals surface area contributed by atoms with Crippen LogP contribution in [0.5, 0.6) is 0 Å². The maximum Gasteiger partial charge on any atom is 0.253 e. The van der Waals surface area contributed by atoms with E-state index in [1.165, 1.54) is 9.13 Å². The van der Waals surface area contributed by atoms with Crippen LogP contribution in [0.3, 0.4) is 0 Å². The lowest BCUT2D eigenvalue weighted by molar-refractivity contribution is 0.0950. The van der Waals surface area contributed by atoms with Crippen LogP contribution in [0.15, 0.2) is 67.1 Å². The number of amides is 1. The second-order valence-corrected chi connectivity index (χ2v) is 10.5. The summed E-state index contributed by atoms with van der Waals surface area (Å²) in [5.74, 6) is 0.821. The number of allylic oxidation sites excluding steroid dienone is 1. The summed E-state index contributed by atoms with van der Waals surface area (Å²) in [5.41, 5.74) is 4.24. The van der Waals surface area contributed by atoms with Gasteiger partial charge in [-0.15, -0.1) is 0 Å². The van der Waals surface area contributed by atoms with Crippen molar-refractivity contribution in [2.75, 3.05) is 11.4 Å². The van der Waals surface area contributed by atoms with E-state index in [-0.39, 0.29) is 11.3 Å². The minimum atomic E-state index is -0.0334. The highest BCUT2D eigenvalue weighted by molar-refractivity contribution is 14.1. The number of nitrogens with zero attached hydrogens (tertiary/aromatic N) is 2. The summed E-state index contributed by atoms with van der Waals surface area (Å²) in [5, 5.41) is 6.73. The molecule has 1 aliphatic heterocycles. The molecule has 5 rings (SSSR count). The van der Waals surface area contributed by atoms with Crippen LogP contribution in [0.4, 0.5) is 5.82 Å². The third-order valence-corrected chi connectivity index (χ3v) is 7.59. The Morgan fingerprint density at radius 3 is 2.41 bits per heavy atom. The number of aromatic nitrogens is 1. The minimum absolute atomic E-state index is 0.0334. The monoisotopic (exact) mass is 540 g/mol. The van der Waals surface area contributed by atoms with Gasteiger partial charge in [0.15, 0.2) is 0 Å². The van der Waals surface area contributed by atoms with Gasteiger partial charge in [0.05, 0.1) is 5.56 Å². The summed E-state index contributed by atoms with van der Waals surface area (Å²) < 4.78 is 1.26. The number of hydrogen-bond donors (Lipinski definition) is 2. The van der Waals surface area contributed by atoms with E-state index >= 15 is 0 Å². The van der Waals surface area contributed by atoms with Crippen molar-refractivity contribution in [2.24, 2.45) is 0 Å². The molecule has 1 atom stereocenters. The first kappa shape index (κ1) is 21.5. The first-order chi connectivity index (χ1) is 15.4. The van der Waals surface area contributed by atoms with Crippen LogP contribution in [0, 0.1) is 3.57 Å². The van der Waals surface area contributed by atoms with E-state index in [9.17, 15) is 4.79 Å². The highest BCUT2D eigenvalue weighted by atomic mass is 127. The lowest BCUT2D eigenvalue weighted by Crippen LogP contribution is -2.42. The predicted molar refractivity (Wildman–Crippen MR) is 137 cm³/mol. The minimum Gasteiger partial charge on any atom is -0.385 e. The van der Waals surface area contributed by atoms with Crippen molar-refractivity contribution in [1.29, 1.82) is 0 Å². The highest BCUT2D eigenvalue weighted by Crippen LogP contribution is 2.52. The van der Waals surface area contributed by atoms with Gasteiger partial charge in [-0.3, -0.25) is 4.79 Å². The van der Waals surface area contributed by atoms with Crippen LogP contribution < -0.4 is 15.5 Å². The maximum atomic E-state index is 12.2. The van der Waals surface area contributed by atoms with Gasteiger partial charge in [0, 0.05) is 51.6 Å². The smallest absolute Gasteiger partial charge is 0.253 e. The molecule has 1 saturated heterocycles. The zero-order chi connectivity index (χ0) is 22.3. The van der Waals surface area contributed by atoms with Gasteiger partial charge < -0.3 is 15.5 Å². The summed E-state index contributed by atoms with van der Waals surface area (Å²) in [6, 6.07) is 13.3. The molecular weight excluding hydrogens is 511 g/mol. The molecule has 0 bridgehead atoms. The van der Waals surface area contributed by atoms with Gasteiger partial charge in [-0.2, -0.15) is 0 Å². The van der Waals surface area contributed by atoms with Crippen molar-refractivity contribution in [3.8, 4) is 0 Å². The molecule has 0 spiro atoms. The number of pyridine rings is 1. The van der Waals surface area contributed by atoms with Crippen molar-refractivity contribution in [3.63, 3.8) is 0 Å². The van der Waals surface area contributed by atoms with Gasteiger partial charge in [0.25, 0.3) is 5.91 Å². The van der Waals surface area contributed by atoms with E-state index in [0.717, 1.165) is 62.3 Å². The molecule has 5 nitrogen and oxygen atoms in total. The van der Waals surface area contributed by atoms with Crippen molar-refractivity contribution in [1.82, 2.24) is 15.6 Å². The van der Waals surface area contributed by atoms with Crippen LogP contribution in [-0.2, 0) is 5.41 Å². The standard InChI is InChI=1S/C26H29IN4O/c1-17-15-23(29-18(2)26(12-13-26)20-4-6-21(27)7-5-20)11-14-31(17)24-10-3-19(16-28-24)25(32)30-22-8-9-22/h3-7,10,16,22-23,29H,1-2,8-9,11-15H2,(H,30,32). The lowest BCUT2D eigenvalue weighted by Gasteiger charge is -2.36. The van der Waals surface area contributed by atoms with E-state index in [1.807, 2.05) is 12.1 Å². The number of carbonyl (C=O) groups is 1. The van der Waals surface area contributed by atoms with Crippen LogP contribution in [0.25, 0.3) is 0 Å². The number of benzene rings is 1. The Morgan fingerprint density at radius 2 is 1.81 bits per heavy atom. The molecule has 1 aromatic carbocycles. The number of anilines is 1. The SMILES string of the molecule is C=C1CC(NC(=C)C2(c3ccc(I)cc3)CC2)CCN1c1ccc(C(=O)NC2CC2)cn1. The summed E-state index contributed by atoms with van der Waals surface area (Å²) in [6.07, 6.45) is 7.99. The average molecular weight is 540 g/mol. The van der Waals surface area contributed by atoms with Gasteiger partial charge in [0.2, 0.25) is 0 Å². The molecule has 166 valence electrons. The summed E-state index contributed by atoms with van der Waals surface area (Å²) >= 11 is 2.35. The number of rotatable bonds is 7. The number of hydrogen-bond acceptors (Lipinski definition) is 4. The molecule has 2 heterocycles. The van der Waals surface area contributed by atoms with E-state index < -0.39 is 0 Å². The van der Waals surface area contributed by atoms with Crippen LogP contribution in [-0.4, -0.2) is 29.5 Å². The molecule has 1 amide bonds. The third-order valence-electron chi connectivity index (χ3n) is 6.87. The zero-order valence-electron chi connectivity index (χ0n) is 18.2. The van der Waals surface area contributed by atoms with Crippen molar-refractivity contribution in [3.05, 3.63) is 81.8 Å². The van der Waals surface area contributed by atoms with Crippen molar-refractivity contribution >= 4 is 34.3 Å². The molecule has 6 heteroatoms. The largest absolute Gasteiger partial charge is 0.385 e. The summed E-state index contributed by atoms with van der Waals surface area (Å²) in [6.45, 7) is 9.59. The molecule has 2 N–H and O–H groups in total. The van der Waals surface area contributed by atoms with Gasteiger partial charge in [-0.1, -0.05) is 25.3 Å². The van der Waals surface area contributed by atoms with E-state index in [0.29, 0.717) is 17.6 Å². The Morgan fingerprint density at radius 1 is 1.06 bits per heavy atom. The molecule has 3 fully saturated rings. The fourth-order valence-electron chi connectivity index (χ4n) is 4.56. The van der Waals surface area contributed by atoms with Crippen molar-refractivity contribution < 1.29 is 4.79 Å². The van der Waals surface area contributed by atoms with Gasteiger partial charge in [-0.25, -0.2) is 4.98 Å². The molecular formula is C26H29IN4O. The normalized spacial score (nSPS) is 21.7. The van der Waals surface area contributed by atoms with Crippen LogP contribution in [0.2, 0.25) is 0 Å².